The molecule has 1 heteroatoms. The Kier molecular flexibility index (Phi) is 4.87. The molecule has 0 radical (unpaired) electrons. The number of hydrogen-bond acceptors (Lipinski definition) is 0. The van der Waals surface area contributed by atoms with E-state index in [4.69, 9.17) is 0 Å². The summed E-state index contributed by atoms with van der Waals surface area (Å²) in [6, 6.07) is 33.4. The zero-order valence-electron chi connectivity index (χ0n) is 15.2. The Morgan fingerprint density at radius 2 is 1.08 bits per heavy atom. The zero-order chi connectivity index (χ0) is 17.8. The molecule has 1 aliphatic rings. The molecule has 3 aromatic rings. The van der Waals surface area contributed by atoms with Gasteiger partial charge in [-0.15, -0.1) is 0 Å². The van der Waals surface area contributed by atoms with Crippen molar-refractivity contribution in [1.82, 2.24) is 0 Å². The zero-order valence-corrected chi connectivity index (χ0v) is 16.2. The van der Waals surface area contributed by atoms with E-state index in [9.17, 15) is 0 Å². The van der Waals surface area contributed by atoms with Gasteiger partial charge in [0.25, 0.3) is 0 Å². The Morgan fingerprint density at radius 1 is 0.654 bits per heavy atom. The number of allylic oxidation sites excluding steroid dienone is 4. The third kappa shape index (κ3) is 2.96. The standard InChI is InChI=1S/C25H25P/c1-21-12-11-19-25(20-21)26(22-13-5-2-6-14-22,23-15-7-3-8-16-23)24-17-9-4-10-18-24/h2-11,13-21,26H,12H2,1H3. The van der Waals surface area contributed by atoms with E-state index < -0.39 is 7.26 Å². The van der Waals surface area contributed by atoms with Crippen LogP contribution in [0.1, 0.15) is 13.3 Å². The van der Waals surface area contributed by atoms with Gasteiger partial charge in [-0.3, -0.25) is 0 Å². The van der Waals surface area contributed by atoms with E-state index in [1.807, 2.05) is 0 Å². The van der Waals surface area contributed by atoms with Crippen molar-refractivity contribution in [2.75, 3.05) is 0 Å². The Labute approximate surface area is 157 Å². The van der Waals surface area contributed by atoms with Gasteiger partial charge >= 0.3 is 157 Å². The molecule has 0 fully saturated rings. The molecule has 0 spiro atoms. The van der Waals surface area contributed by atoms with Crippen LogP contribution in [0.5, 0.6) is 0 Å². The van der Waals surface area contributed by atoms with E-state index in [2.05, 4.69) is 116 Å². The van der Waals surface area contributed by atoms with Crippen LogP contribution in [0.2, 0.25) is 0 Å². The van der Waals surface area contributed by atoms with Gasteiger partial charge in [-0.25, -0.2) is 0 Å². The van der Waals surface area contributed by atoms with Crippen LogP contribution in [-0.2, 0) is 0 Å². The molecule has 1 aliphatic carbocycles. The van der Waals surface area contributed by atoms with Gasteiger partial charge in [0.15, 0.2) is 0 Å². The normalized spacial score (nSPS) is 17.6. The van der Waals surface area contributed by atoms with Gasteiger partial charge in [0.2, 0.25) is 0 Å². The average Bonchev–Trinajstić information content (AvgIpc) is 2.71. The van der Waals surface area contributed by atoms with Crippen molar-refractivity contribution in [3.63, 3.8) is 0 Å². The molecular weight excluding hydrogens is 331 g/mol. The molecular formula is C25H25P. The molecule has 0 aromatic heterocycles. The molecule has 130 valence electrons. The summed E-state index contributed by atoms with van der Waals surface area (Å²) in [7, 11) is -2.29. The monoisotopic (exact) mass is 356 g/mol. The molecule has 26 heavy (non-hydrogen) atoms. The van der Waals surface area contributed by atoms with Gasteiger partial charge in [-0.2, -0.15) is 0 Å². The molecule has 1 unspecified atom stereocenters. The minimum absolute atomic E-state index is 0.581. The molecule has 0 aliphatic heterocycles. The third-order valence-corrected chi connectivity index (χ3v) is 10.1. The maximum atomic E-state index is 2.51. The van der Waals surface area contributed by atoms with Gasteiger partial charge < -0.3 is 0 Å². The minimum atomic E-state index is -2.29. The summed E-state index contributed by atoms with van der Waals surface area (Å²) in [5.41, 5.74) is 0. The molecule has 0 N–H and O–H groups in total. The molecule has 0 saturated carbocycles. The molecule has 0 heterocycles. The summed E-state index contributed by atoms with van der Waals surface area (Å²) < 4.78 is 0. The van der Waals surface area contributed by atoms with Crippen molar-refractivity contribution in [2.45, 2.75) is 13.3 Å². The summed E-state index contributed by atoms with van der Waals surface area (Å²) in [5, 5.41) is 5.84. The van der Waals surface area contributed by atoms with Crippen LogP contribution in [0.15, 0.2) is 115 Å². The van der Waals surface area contributed by atoms with E-state index >= 15 is 0 Å². The average molecular weight is 356 g/mol. The predicted molar refractivity (Wildman–Crippen MR) is 118 cm³/mol. The van der Waals surface area contributed by atoms with Crippen molar-refractivity contribution in [2.24, 2.45) is 5.92 Å². The molecule has 0 nitrogen and oxygen atoms in total. The quantitative estimate of drug-likeness (QED) is 0.564. The van der Waals surface area contributed by atoms with Gasteiger partial charge in [0.1, 0.15) is 0 Å². The topological polar surface area (TPSA) is 0 Å². The van der Waals surface area contributed by atoms with E-state index in [0.29, 0.717) is 5.92 Å². The van der Waals surface area contributed by atoms with Gasteiger partial charge in [-0.05, 0) is 0 Å². The van der Waals surface area contributed by atoms with Crippen LogP contribution in [0, 0.1) is 5.92 Å². The van der Waals surface area contributed by atoms with Gasteiger partial charge in [0, 0.05) is 0 Å². The summed E-state index contributed by atoms with van der Waals surface area (Å²) in [6.07, 6.45) is 8.39. The number of rotatable bonds is 4. The van der Waals surface area contributed by atoms with Gasteiger partial charge in [-0.1, -0.05) is 0 Å². The molecule has 0 amide bonds. The molecule has 0 bridgehead atoms. The Balaban J connectivity index is 2.09. The first kappa shape index (κ1) is 17.0. The maximum absolute atomic E-state index is 2.51. The number of hydrogen-bond donors (Lipinski definition) is 0. The van der Waals surface area contributed by atoms with Crippen LogP contribution in [0.25, 0.3) is 0 Å². The first-order valence-electron chi connectivity index (χ1n) is 9.37. The fraction of sp³-hybridized carbons (Fsp3) is 0.120. The van der Waals surface area contributed by atoms with Crippen molar-refractivity contribution in [3.8, 4) is 0 Å². The first-order valence-corrected chi connectivity index (χ1v) is 11.4. The van der Waals surface area contributed by atoms with E-state index in [1.54, 1.807) is 0 Å². The van der Waals surface area contributed by atoms with Crippen molar-refractivity contribution < 1.29 is 0 Å². The third-order valence-electron chi connectivity index (χ3n) is 5.32. The summed E-state index contributed by atoms with van der Waals surface area (Å²) in [4.78, 5) is 0. The first-order chi connectivity index (χ1) is 12.8. The second kappa shape index (κ2) is 7.44. The molecule has 4 rings (SSSR count). The summed E-state index contributed by atoms with van der Waals surface area (Å²) in [5.74, 6) is 0.581. The van der Waals surface area contributed by atoms with E-state index in [0.717, 1.165) is 6.42 Å². The van der Waals surface area contributed by atoms with Crippen LogP contribution in [0.3, 0.4) is 0 Å². The van der Waals surface area contributed by atoms with Crippen LogP contribution >= 0.6 is 7.26 Å². The Morgan fingerprint density at radius 3 is 1.46 bits per heavy atom. The molecule has 3 aromatic carbocycles. The SMILES string of the molecule is CC1C=C([PH](c2ccccc2)(c2ccccc2)c2ccccc2)C=CC1. The van der Waals surface area contributed by atoms with Crippen LogP contribution in [-0.4, -0.2) is 0 Å². The predicted octanol–water partition coefficient (Wildman–Crippen LogP) is 5.19. The molecule has 1 atom stereocenters. The number of benzene rings is 3. The summed E-state index contributed by atoms with van der Waals surface area (Å²) in [6.45, 7) is 2.32. The van der Waals surface area contributed by atoms with Crippen molar-refractivity contribution in [3.05, 3.63) is 115 Å². The summed E-state index contributed by atoms with van der Waals surface area (Å²) >= 11 is 0. The van der Waals surface area contributed by atoms with Crippen molar-refractivity contribution in [1.29, 1.82) is 0 Å². The molecule has 0 saturated heterocycles. The van der Waals surface area contributed by atoms with Crippen LogP contribution < -0.4 is 15.9 Å². The second-order valence-corrected chi connectivity index (χ2v) is 10.9. The Bertz CT molecular complexity index is 811. The van der Waals surface area contributed by atoms with Gasteiger partial charge in [0.05, 0.1) is 0 Å². The van der Waals surface area contributed by atoms with E-state index in [1.165, 1.54) is 21.2 Å². The van der Waals surface area contributed by atoms with Crippen molar-refractivity contribution >= 4 is 23.2 Å². The second-order valence-electron chi connectivity index (χ2n) is 7.09. The fourth-order valence-electron chi connectivity index (χ4n) is 4.15. The fourth-order valence-corrected chi connectivity index (χ4v) is 9.13. The van der Waals surface area contributed by atoms with Crippen LogP contribution in [0.4, 0.5) is 0 Å². The Hall–Kier alpha value is -2.43. The van der Waals surface area contributed by atoms with E-state index in [-0.39, 0.29) is 0 Å².